The second kappa shape index (κ2) is 10.6. The van der Waals surface area contributed by atoms with Crippen LogP contribution in [0.2, 0.25) is 0 Å². The van der Waals surface area contributed by atoms with Crippen LogP contribution in [0.5, 0.6) is 5.75 Å². The molecule has 1 fully saturated rings. The number of carbonyl (C=O) groups is 2. The van der Waals surface area contributed by atoms with Gasteiger partial charge >= 0.3 is 0 Å². The Balaban J connectivity index is 1.57. The van der Waals surface area contributed by atoms with Gasteiger partial charge < -0.3 is 20.1 Å². The number of methoxy groups -OCH3 is 1. The normalized spacial score (nSPS) is 14.2. The van der Waals surface area contributed by atoms with Gasteiger partial charge in [0.2, 0.25) is 0 Å². The van der Waals surface area contributed by atoms with Gasteiger partial charge in [-0.3, -0.25) is 9.59 Å². The lowest BCUT2D eigenvalue weighted by molar-refractivity contribution is 0.0926. The lowest BCUT2D eigenvalue weighted by atomic mass is 9.95. The van der Waals surface area contributed by atoms with Crippen LogP contribution in [0.15, 0.2) is 48.5 Å². The highest BCUT2D eigenvalue weighted by Crippen LogP contribution is 2.19. The third-order valence-electron chi connectivity index (χ3n) is 5.00. The Labute approximate surface area is 171 Å². The fourth-order valence-corrected chi connectivity index (χ4v) is 3.40. The fraction of sp³-hybridized carbons (Fsp3) is 0.391. The molecule has 0 aromatic heterocycles. The van der Waals surface area contributed by atoms with Gasteiger partial charge in [0.1, 0.15) is 12.4 Å². The molecule has 2 aromatic rings. The number of hydrogen-bond acceptors (Lipinski definition) is 4. The molecular weight excluding hydrogens is 368 g/mol. The van der Waals surface area contributed by atoms with E-state index in [0.717, 1.165) is 25.7 Å². The largest absolute Gasteiger partial charge is 0.491 e. The van der Waals surface area contributed by atoms with Gasteiger partial charge in [-0.15, -0.1) is 0 Å². The molecule has 1 aliphatic carbocycles. The van der Waals surface area contributed by atoms with Crippen LogP contribution < -0.4 is 15.4 Å². The lowest BCUT2D eigenvalue weighted by Gasteiger charge is -2.22. The number of amides is 2. The van der Waals surface area contributed by atoms with Gasteiger partial charge in [0, 0.05) is 30.0 Å². The highest BCUT2D eigenvalue weighted by atomic mass is 16.5. The number of rotatable bonds is 8. The second-order valence-corrected chi connectivity index (χ2v) is 7.21. The Morgan fingerprint density at radius 3 is 2.41 bits per heavy atom. The van der Waals surface area contributed by atoms with Gasteiger partial charge in [-0.1, -0.05) is 25.3 Å². The molecule has 154 valence electrons. The maximum atomic E-state index is 12.5. The molecule has 2 amide bonds. The maximum Gasteiger partial charge on any atom is 0.255 e. The van der Waals surface area contributed by atoms with Crippen LogP contribution in [0.3, 0.4) is 0 Å². The summed E-state index contributed by atoms with van der Waals surface area (Å²) in [6.45, 7) is 0.963. The molecule has 6 nitrogen and oxygen atoms in total. The molecule has 1 aliphatic rings. The Hall–Kier alpha value is -2.86. The van der Waals surface area contributed by atoms with Gasteiger partial charge in [0.25, 0.3) is 11.8 Å². The summed E-state index contributed by atoms with van der Waals surface area (Å²) in [5.74, 6) is 0.351. The number of carbonyl (C=O) groups excluding carboxylic acids is 2. The number of benzene rings is 2. The van der Waals surface area contributed by atoms with Crippen molar-refractivity contribution in [2.75, 3.05) is 25.6 Å². The summed E-state index contributed by atoms with van der Waals surface area (Å²) in [6.07, 6.45) is 5.64. The van der Waals surface area contributed by atoms with Gasteiger partial charge in [0.05, 0.1) is 6.61 Å². The van der Waals surface area contributed by atoms with Crippen LogP contribution in [0.4, 0.5) is 5.69 Å². The minimum atomic E-state index is -0.238. The molecule has 2 aromatic carbocycles. The highest BCUT2D eigenvalue weighted by Gasteiger charge is 2.17. The zero-order valence-electron chi connectivity index (χ0n) is 16.8. The Kier molecular flexibility index (Phi) is 7.64. The number of anilines is 1. The van der Waals surface area contributed by atoms with Crippen LogP contribution >= 0.6 is 0 Å². The summed E-state index contributed by atoms with van der Waals surface area (Å²) in [5.41, 5.74) is 1.66. The summed E-state index contributed by atoms with van der Waals surface area (Å²) < 4.78 is 10.4. The van der Waals surface area contributed by atoms with Crippen molar-refractivity contribution in [1.82, 2.24) is 5.32 Å². The highest BCUT2D eigenvalue weighted by molar-refractivity contribution is 6.05. The number of ether oxygens (including phenoxy) is 2. The van der Waals surface area contributed by atoms with Crippen molar-refractivity contribution in [3.05, 3.63) is 59.7 Å². The van der Waals surface area contributed by atoms with Crippen molar-refractivity contribution in [2.24, 2.45) is 0 Å². The van der Waals surface area contributed by atoms with Gasteiger partial charge in [-0.25, -0.2) is 0 Å². The van der Waals surface area contributed by atoms with Gasteiger partial charge in [0.15, 0.2) is 0 Å². The van der Waals surface area contributed by atoms with Crippen LogP contribution in [-0.4, -0.2) is 38.2 Å². The Morgan fingerprint density at radius 2 is 1.69 bits per heavy atom. The molecule has 0 atom stereocenters. The first-order chi connectivity index (χ1) is 14.2. The smallest absolute Gasteiger partial charge is 0.255 e. The molecule has 0 spiro atoms. The predicted octanol–water partition coefficient (Wildman–Crippen LogP) is 4.03. The van der Waals surface area contributed by atoms with Crippen molar-refractivity contribution < 1.29 is 19.1 Å². The Bertz CT molecular complexity index is 814. The van der Waals surface area contributed by atoms with E-state index in [1.807, 2.05) is 0 Å². The fourth-order valence-electron chi connectivity index (χ4n) is 3.40. The third-order valence-corrected chi connectivity index (χ3v) is 5.00. The summed E-state index contributed by atoms with van der Waals surface area (Å²) in [6, 6.07) is 14.2. The first kappa shape index (κ1) is 20.9. The van der Waals surface area contributed by atoms with E-state index in [-0.39, 0.29) is 17.9 Å². The first-order valence-corrected chi connectivity index (χ1v) is 10.1. The Morgan fingerprint density at radius 1 is 0.931 bits per heavy atom. The molecule has 6 heteroatoms. The molecule has 0 heterocycles. The summed E-state index contributed by atoms with van der Waals surface area (Å²) in [5, 5.41) is 5.95. The first-order valence-electron chi connectivity index (χ1n) is 10.1. The van der Waals surface area contributed by atoms with Crippen molar-refractivity contribution in [3.8, 4) is 5.75 Å². The van der Waals surface area contributed by atoms with E-state index in [4.69, 9.17) is 9.47 Å². The predicted molar refractivity (Wildman–Crippen MR) is 113 cm³/mol. The molecule has 0 bridgehead atoms. The van der Waals surface area contributed by atoms with Gasteiger partial charge in [-0.2, -0.15) is 0 Å². The number of nitrogens with one attached hydrogen (secondary N) is 2. The van der Waals surface area contributed by atoms with E-state index in [1.54, 1.807) is 55.6 Å². The van der Waals surface area contributed by atoms with Crippen LogP contribution in [0, 0.1) is 0 Å². The van der Waals surface area contributed by atoms with E-state index in [0.29, 0.717) is 35.8 Å². The lowest BCUT2D eigenvalue weighted by Crippen LogP contribution is -2.36. The monoisotopic (exact) mass is 396 g/mol. The standard InChI is InChI=1S/C23H28N2O4/c1-28-14-15-29-21-12-10-17(11-13-21)22(26)25-20-9-5-6-18(16-20)23(27)24-19-7-3-2-4-8-19/h5-6,9-13,16,19H,2-4,7-8,14-15H2,1H3,(H,24,27)(H,25,26). The van der Waals surface area contributed by atoms with E-state index < -0.39 is 0 Å². The molecule has 0 saturated heterocycles. The molecule has 0 aliphatic heterocycles. The zero-order valence-corrected chi connectivity index (χ0v) is 16.8. The molecule has 1 saturated carbocycles. The van der Waals surface area contributed by atoms with Crippen molar-refractivity contribution in [3.63, 3.8) is 0 Å². The third kappa shape index (κ3) is 6.32. The van der Waals surface area contributed by atoms with Crippen LogP contribution in [-0.2, 0) is 4.74 Å². The summed E-state index contributed by atoms with van der Waals surface area (Å²) in [4.78, 5) is 25.0. The van der Waals surface area contributed by atoms with Crippen LogP contribution in [0.25, 0.3) is 0 Å². The topological polar surface area (TPSA) is 76.7 Å². The summed E-state index contributed by atoms with van der Waals surface area (Å²) in [7, 11) is 1.62. The molecular formula is C23H28N2O4. The molecule has 0 radical (unpaired) electrons. The van der Waals surface area contributed by atoms with E-state index in [9.17, 15) is 9.59 Å². The molecule has 2 N–H and O–H groups in total. The van der Waals surface area contributed by atoms with Crippen LogP contribution in [0.1, 0.15) is 52.8 Å². The van der Waals surface area contributed by atoms with Crippen molar-refractivity contribution >= 4 is 17.5 Å². The van der Waals surface area contributed by atoms with E-state index >= 15 is 0 Å². The van der Waals surface area contributed by atoms with E-state index in [2.05, 4.69) is 10.6 Å². The average Bonchev–Trinajstić information content (AvgIpc) is 2.75. The summed E-state index contributed by atoms with van der Waals surface area (Å²) >= 11 is 0. The van der Waals surface area contributed by atoms with Crippen molar-refractivity contribution in [1.29, 1.82) is 0 Å². The maximum absolute atomic E-state index is 12.5. The average molecular weight is 396 g/mol. The second-order valence-electron chi connectivity index (χ2n) is 7.21. The minimum absolute atomic E-state index is 0.0921. The number of hydrogen-bond donors (Lipinski definition) is 2. The van der Waals surface area contributed by atoms with Gasteiger partial charge in [-0.05, 0) is 55.3 Å². The molecule has 0 unspecified atom stereocenters. The molecule has 29 heavy (non-hydrogen) atoms. The molecule has 3 rings (SSSR count). The quantitative estimate of drug-likeness (QED) is 0.661. The van der Waals surface area contributed by atoms with E-state index in [1.165, 1.54) is 6.42 Å². The minimum Gasteiger partial charge on any atom is -0.491 e. The SMILES string of the molecule is COCCOc1ccc(C(=O)Nc2cccc(C(=O)NC3CCCCC3)c2)cc1. The zero-order chi connectivity index (χ0) is 20.5. The van der Waals surface area contributed by atoms with Crippen molar-refractivity contribution in [2.45, 2.75) is 38.1 Å².